The number of para-hydroxylation sites is 1. The van der Waals surface area contributed by atoms with Crippen molar-refractivity contribution in [2.24, 2.45) is 0 Å². The van der Waals surface area contributed by atoms with E-state index in [4.69, 9.17) is 0 Å². The Morgan fingerprint density at radius 3 is 2.58 bits per heavy atom. The summed E-state index contributed by atoms with van der Waals surface area (Å²) < 4.78 is 1.67. The molecule has 0 amide bonds. The minimum absolute atomic E-state index is 0.190. The molecule has 0 aliphatic rings. The van der Waals surface area contributed by atoms with Crippen LogP contribution in [-0.4, -0.2) is 30.4 Å². The first kappa shape index (κ1) is 16.4. The first-order valence-electron chi connectivity index (χ1n) is 8.11. The molecule has 2 aromatic carbocycles. The van der Waals surface area contributed by atoms with E-state index < -0.39 is 0 Å². The number of benzene rings is 2. The molecule has 6 heteroatoms. The van der Waals surface area contributed by atoms with Gasteiger partial charge in [0, 0.05) is 16.9 Å². The highest BCUT2D eigenvalue weighted by atomic mass is 32.2. The predicted octanol–water partition coefficient (Wildman–Crippen LogP) is 4.44. The summed E-state index contributed by atoms with van der Waals surface area (Å²) in [6.45, 7) is 3.73. The van der Waals surface area contributed by atoms with Crippen molar-refractivity contribution in [3.05, 3.63) is 73.3 Å². The molecule has 2 heterocycles. The number of phenols is 1. The number of hydrogen-bond acceptors (Lipinski definition) is 5. The molecular formula is C20H16N4OS. The third-order valence-corrected chi connectivity index (χ3v) is 4.71. The van der Waals surface area contributed by atoms with Crippen molar-refractivity contribution in [3.63, 3.8) is 0 Å². The van der Waals surface area contributed by atoms with Gasteiger partial charge in [0.25, 0.3) is 5.78 Å². The Bertz CT molecular complexity index is 1080. The summed E-state index contributed by atoms with van der Waals surface area (Å²) in [5.74, 6) is 1.40. The fraction of sp³-hybridized carbons (Fsp3) is 0.0500. The van der Waals surface area contributed by atoms with Crippen LogP contribution in [0.25, 0.3) is 28.3 Å². The van der Waals surface area contributed by atoms with E-state index in [-0.39, 0.29) is 5.75 Å². The third kappa shape index (κ3) is 3.07. The maximum absolute atomic E-state index is 10.3. The molecule has 0 aliphatic heterocycles. The lowest BCUT2D eigenvalue weighted by Gasteiger charge is -2.09. The van der Waals surface area contributed by atoms with Crippen LogP contribution >= 0.6 is 11.8 Å². The summed E-state index contributed by atoms with van der Waals surface area (Å²) in [6.07, 6.45) is 1.81. The summed E-state index contributed by atoms with van der Waals surface area (Å²) in [5, 5.41) is 15.5. The van der Waals surface area contributed by atoms with Gasteiger partial charge in [-0.2, -0.15) is 9.50 Å². The van der Waals surface area contributed by atoms with E-state index in [0.717, 1.165) is 17.0 Å². The monoisotopic (exact) mass is 360 g/mol. The standard InChI is InChI=1S/C20H16N4OS/c1-2-12-26-20-22-19-21-16(14-8-4-3-5-9-14)13-17(24(19)23-20)15-10-6-7-11-18(15)25/h2-11,13,25H,1,12H2. The van der Waals surface area contributed by atoms with E-state index in [9.17, 15) is 5.11 Å². The quantitative estimate of drug-likeness (QED) is 0.421. The fourth-order valence-electron chi connectivity index (χ4n) is 2.68. The Balaban J connectivity index is 1.96. The highest BCUT2D eigenvalue weighted by Gasteiger charge is 2.15. The van der Waals surface area contributed by atoms with Crippen molar-refractivity contribution in [1.29, 1.82) is 0 Å². The summed E-state index contributed by atoms with van der Waals surface area (Å²) in [5.41, 5.74) is 3.19. The van der Waals surface area contributed by atoms with Gasteiger partial charge in [-0.25, -0.2) is 4.98 Å². The Labute approximate surface area is 155 Å². The minimum Gasteiger partial charge on any atom is -0.507 e. The van der Waals surface area contributed by atoms with Crippen LogP contribution in [0.5, 0.6) is 5.75 Å². The van der Waals surface area contributed by atoms with Crippen LogP contribution in [-0.2, 0) is 0 Å². The minimum atomic E-state index is 0.190. The molecule has 0 aliphatic carbocycles. The number of rotatable bonds is 5. The number of aromatic nitrogens is 4. The van der Waals surface area contributed by atoms with Gasteiger partial charge in [0.15, 0.2) is 0 Å². The second-order valence-electron chi connectivity index (χ2n) is 5.62. The van der Waals surface area contributed by atoms with Crippen LogP contribution in [0.4, 0.5) is 0 Å². The summed E-state index contributed by atoms with van der Waals surface area (Å²) in [4.78, 5) is 9.19. The van der Waals surface area contributed by atoms with Gasteiger partial charge in [-0.05, 0) is 18.2 Å². The van der Waals surface area contributed by atoms with Gasteiger partial charge in [-0.1, -0.05) is 60.3 Å². The number of phenolic OH excluding ortho intramolecular Hbond substituents is 1. The Morgan fingerprint density at radius 2 is 1.81 bits per heavy atom. The zero-order valence-corrected chi connectivity index (χ0v) is 14.7. The van der Waals surface area contributed by atoms with E-state index in [0.29, 0.717) is 22.3 Å². The van der Waals surface area contributed by atoms with Gasteiger partial charge < -0.3 is 5.11 Å². The van der Waals surface area contributed by atoms with Crippen LogP contribution in [0, 0.1) is 0 Å². The van der Waals surface area contributed by atoms with Crippen molar-refractivity contribution in [3.8, 4) is 28.3 Å². The van der Waals surface area contributed by atoms with E-state index in [1.165, 1.54) is 11.8 Å². The molecule has 0 unspecified atom stereocenters. The molecule has 128 valence electrons. The lowest BCUT2D eigenvalue weighted by atomic mass is 10.1. The molecule has 4 aromatic rings. The molecule has 0 bridgehead atoms. The molecule has 0 atom stereocenters. The second-order valence-corrected chi connectivity index (χ2v) is 6.60. The Hall–Kier alpha value is -3.12. The normalized spacial score (nSPS) is 10.9. The fourth-order valence-corrected chi connectivity index (χ4v) is 3.24. The predicted molar refractivity (Wildman–Crippen MR) is 104 cm³/mol. The number of thioether (sulfide) groups is 1. The third-order valence-electron chi connectivity index (χ3n) is 3.87. The molecule has 1 N–H and O–H groups in total. The van der Waals surface area contributed by atoms with E-state index in [1.807, 2.05) is 54.6 Å². The zero-order chi connectivity index (χ0) is 17.9. The largest absolute Gasteiger partial charge is 0.507 e. The van der Waals surface area contributed by atoms with Crippen LogP contribution in [0.15, 0.2) is 78.5 Å². The van der Waals surface area contributed by atoms with Crippen molar-refractivity contribution >= 4 is 17.5 Å². The highest BCUT2D eigenvalue weighted by Crippen LogP contribution is 2.32. The van der Waals surface area contributed by atoms with Crippen LogP contribution in [0.1, 0.15) is 0 Å². The van der Waals surface area contributed by atoms with Crippen LogP contribution in [0.3, 0.4) is 0 Å². The molecule has 0 saturated heterocycles. The first-order valence-corrected chi connectivity index (χ1v) is 9.10. The topological polar surface area (TPSA) is 63.3 Å². The summed E-state index contributed by atoms with van der Waals surface area (Å²) >= 11 is 1.49. The average Bonchev–Trinajstić information content (AvgIpc) is 3.10. The smallest absolute Gasteiger partial charge is 0.254 e. The zero-order valence-electron chi connectivity index (χ0n) is 13.9. The second kappa shape index (κ2) is 7.01. The number of fused-ring (bicyclic) bond motifs is 1. The first-order chi connectivity index (χ1) is 12.8. The SMILES string of the molecule is C=CCSc1nc2nc(-c3ccccc3)cc(-c3ccccc3O)n2n1. The lowest BCUT2D eigenvalue weighted by molar-refractivity contribution is 0.477. The maximum Gasteiger partial charge on any atom is 0.254 e. The van der Waals surface area contributed by atoms with Gasteiger partial charge in [0.05, 0.1) is 11.4 Å². The van der Waals surface area contributed by atoms with Gasteiger partial charge in [0.1, 0.15) is 5.75 Å². The van der Waals surface area contributed by atoms with E-state index in [2.05, 4.69) is 21.6 Å². The molecule has 2 aromatic heterocycles. The van der Waals surface area contributed by atoms with Crippen molar-refractivity contribution in [2.75, 3.05) is 5.75 Å². The molecule has 26 heavy (non-hydrogen) atoms. The van der Waals surface area contributed by atoms with Crippen LogP contribution in [0.2, 0.25) is 0 Å². The molecule has 5 nitrogen and oxygen atoms in total. The molecule has 4 rings (SSSR count). The van der Waals surface area contributed by atoms with Gasteiger partial charge in [0.2, 0.25) is 5.16 Å². The molecule has 0 spiro atoms. The van der Waals surface area contributed by atoms with Gasteiger partial charge >= 0.3 is 0 Å². The molecule has 0 fully saturated rings. The van der Waals surface area contributed by atoms with Crippen molar-refractivity contribution in [1.82, 2.24) is 19.6 Å². The van der Waals surface area contributed by atoms with Crippen LogP contribution < -0.4 is 0 Å². The Morgan fingerprint density at radius 1 is 1.04 bits per heavy atom. The van der Waals surface area contributed by atoms with E-state index >= 15 is 0 Å². The summed E-state index contributed by atoms with van der Waals surface area (Å²) in [6, 6.07) is 19.0. The number of hydrogen-bond donors (Lipinski definition) is 1. The molecule has 0 radical (unpaired) electrons. The average molecular weight is 360 g/mol. The number of nitrogens with zero attached hydrogens (tertiary/aromatic N) is 4. The molecular weight excluding hydrogens is 344 g/mol. The highest BCUT2D eigenvalue weighted by molar-refractivity contribution is 7.99. The number of aromatic hydroxyl groups is 1. The Kier molecular flexibility index (Phi) is 4.41. The maximum atomic E-state index is 10.3. The van der Waals surface area contributed by atoms with Gasteiger partial charge in [-0.3, -0.25) is 0 Å². The van der Waals surface area contributed by atoms with Crippen molar-refractivity contribution < 1.29 is 5.11 Å². The van der Waals surface area contributed by atoms with Gasteiger partial charge in [-0.15, -0.1) is 11.7 Å². The molecule has 0 saturated carbocycles. The van der Waals surface area contributed by atoms with E-state index in [1.54, 1.807) is 16.6 Å². The lowest BCUT2D eigenvalue weighted by Crippen LogP contribution is -1.99. The van der Waals surface area contributed by atoms with Crippen molar-refractivity contribution in [2.45, 2.75) is 5.16 Å². The summed E-state index contributed by atoms with van der Waals surface area (Å²) in [7, 11) is 0.